The van der Waals surface area contributed by atoms with E-state index in [1.54, 1.807) is 0 Å². The van der Waals surface area contributed by atoms with Gasteiger partial charge < -0.3 is 9.80 Å². The SMILES string of the molecule is CCCc1ccc(N2CCN(CC)CC2)nc1. The topological polar surface area (TPSA) is 19.4 Å². The molecular weight excluding hydrogens is 210 g/mol. The number of likely N-dealkylation sites (N-methyl/N-ethyl adjacent to an activating group) is 1. The smallest absolute Gasteiger partial charge is 0.128 e. The predicted octanol–water partition coefficient (Wildman–Crippen LogP) is 2.18. The quantitative estimate of drug-likeness (QED) is 0.794. The summed E-state index contributed by atoms with van der Waals surface area (Å²) in [4.78, 5) is 9.46. The number of aryl methyl sites for hydroxylation is 1. The number of pyridine rings is 1. The van der Waals surface area contributed by atoms with Crippen LogP contribution in [0.25, 0.3) is 0 Å². The second-order valence-corrected chi connectivity index (χ2v) is 4.70. The second-order valence-electron chi connectivity index (χ2n) is 4.70. The van der Waals surface area contributed by atoms with Crippen molar-refractivity contribution in [2.75, 3.05) is 37.6 Å². The normalized spacial score (nSPS) is 17.4. The maximum atomic E-state index is 4.58. The van der Waals surface area contributed by atoms with Crippen molar-refractivity contribution in [2.24, 2.45) is 0 Å². The van der Waals surface area contributed by atoms with E-state index in [9.17, 15) is 0 Å². The summed E-state index contributed by atoms with van der Waals surface area (Å²) in [5.41, 5.74) is 1.35. The molecule has 2 rings (SSSR count). The fraction of sp³-hybridized carbons (Fsp3) is 0.643. The highest BCUT2D eigenvalue weighted by Gasteiger charge is 2.16. The predicted molar refractivity (Wildman–Crippen MR) is 72.6 cm³/mol. The lowest BCUT2D eigenvalue weighted by molar-refractivity contribution is 0.270. The first-order chi connectivity index (χ1) is 8.33. The summed E-state index contributed by atoms with van der Waals surface area (Å²) in [5.74, 6) is 1.14. The number of hydrogen-bond acceptors (Lipinski definition) is 3. The molecule has 0 saturated carbocycles. The van der Waals surface area contributed by atoms with Gasteiger partial charge in [0.1, 0.15) is 5.82 Å². The Balaban J connectivity index is 1.94. The van der Waals surface area contributed by atoms with Crippen molar-refractivity contribution in [1.82, 2.24) is 9.88 Å². The van der Waals surface area contributed by atoms with Gasteiger partial charge in [-0.15, -0.1) is 0 Å². The Labute approximate surface area is 104 Å². The van der Waals surface area contributed by atoms with Crippen LogP contribution in [0.1, 0.15) is 25.8 Å². The largest absolute Gasteiger partial charge is 0.354 e. The molecule has 0 aromatic carbocycles. The van der Waals surface area contributed by atoms with Crippen molar-refractivity contribution in [1.29, 1.82) is 0 Å². The van der Waals surface area contributed by atoms with Gasteiger partial charge in [-0.3, -0.25) is 0 Å². The lowest BCUT2D eigenvalue weighted by atomic mass is 10.2. The first-order valence-electron chi connectivity index (χ1n) is 6.75. The number of anilines is 1. The van der Waals surface area contributed by atoms with E-state index in [4.69, 9.17) is 0 Å². The fourth-order valence-electron chi connectivity index (χ4n) is 2.33. The fourth-order valence-corrected chi connectivity index (χ4v) is 2.33. The highest BCUT2D eigenvalue weighted by atomic mass is 15.3. The molecule has 1 aliphatic heterocycles. The van der Waals surface area contributed by atoms with Crippen LogP contribution in [0.4, 0.5) is 5.82 Å². The minimum absolute atomic E-state index is 1.11. The van der Waals surface area contributed by atoms with E-state index in [-0.39, 0.29) is 0 Å². The Morgan fingerprint density at radius 1 is 1.12 bits per heavy atom. The molecule has 0 spiro atoms. The Morgan fingerprint density at radius 2 is 1.88 bits per heavy atom. The average Bonchev–Trinajstić information content (AvgIpc) is 2.40. The van der Waals surface area contributed by atoms with E-state index in [1.165, 1.54) is 12.0 Å². The van der Waals surface area contributed by atoms with E-state index >= 15 is 0 Å². The van der Waals surface area contributed by atoms with Gasteiger partial charge in [0.05, 0.1) is 0 Å². The summed E-state index contributed by atoms with van der Waals surface area (Å²) in [6, 6.07) is 4.39. The van der Waals surface area contributed by atoms with Crippen LogP contribution in [-0.2, 0) is 6.42 Å². The van der Waals surface area contributed by atoms with Gasteiger partial charge in [-0.25, -0.2) is 4.98 Å². The number of hydrogen-bond donors (Lipinski definition) is 0. The zero-order valence-corrected chi connectivity index (χ0v) is 11.0. The Bertz CT molecular complexity index is 326. The lowest BCUT2D eigenvalue weighted by Crippen LogP contribution is -2.46. The molecule has 94 valence electrons. The molecule has 1 fully saturated rings. The van der Waals surface area contributed by atoms with Crippen LogP contribution in [0.5, 0.6) is 0 Å². The molecule has 0 radical (unpaired) electrons. The standard InChI is InChI=1S/C14H23N3/c1-3-5-13-6-7-14(15-12-13)17-10-8-16(4-2)9-11-17/h6-7,12H,3-5,8-11H2,1-2H3. The van der Waals surface area contributed by atoms with Crippen molar-refractivity contribution < 1.29 is 0 Å². The van der Waals surface area contributed by atoms with Crippen LogP contribution >= 0.6 is 0 Å². The van der Waals surface area contributed by atoms with Crippen molar-refractivity contribution >= 4 is 5.82 Å². The Kier molecular flexibility index (Phi) is 4.37. The monoisotopic (exact) mass is 233 g/mol. The summed E-state index contributed by atoms with van der Waals surface area (Å²) in [6.45, 7) is 10.1. The van der Waals surface area contributed by atoms with Gasteiger partial charge in [0.2, 0.25) is 0 Å². The van der Waals surface area contributed by atoms with E-state index < -0.39 is 0 Å². The number of nitrogens with zero attached hydrogens (tertiary/aromatic N) is 3. The van der Waals surface area contributed by atoms with E-state index in [2.05, 4.69) is 40.8 Å². The van der Waals surface area contributed by atoms with Gasteiger partial charge in [-0.05, 0) is 24.6 Å². The van der Waals surface area contributed by atoms with Gasteiger partial charge in [-0.2, -0.15) is 0 Å². The minimum atomic E-state index is 1.11. The molecule has 0 amide bonds. The molecule has 1 aromatic rings. The summed E-state index contributed by atoms with van der Waals surface area (Å²) in [6.07, 6.45) is 4.36. The van der Waals surface area contributed by atoms with Gasteiger partial charge in [0, 0.05) is 32.4 Å². The van der Waals surface area contributed by atoms with Gasteiger partial charge in [0.15, 0.2) is 0 Å². The zero-order chi connectivity index (χ0) is 12.1. The van der Waals surface area contributed by atoms with Crippen LogP contribution < -0.4 is 4.90 Å². The van der Waals surface area contributed by atoms with E-state index in [0.717, 1.165) is 45.0 Å². The summed E-state index contributed by atoms with van der Waals surface area (Å²) in [5, 5.41) is 0. The average molecular weight is 233 g/mol. The van der Waals surface area contributed by atoms with Gasteiger partial charge in [-0.1, -0.05) is 26.3 Å². The Hall–Kier alpha value is -1.09. The van der Waals surface area contributed by atoms with E-state index in [0.29, 0.717) is 0 Å². The van der Waals surface area contributed by atoms with Crippen LogP contribution in [0.2, 0.25) is 0 Å². The van der Waals surface area contributed by atoms with E-state index in [1.807, 2.05) is 6.20 Å². The highest BCUT2D eigenvalue weighted by molar-refractivity contribution is 5.39. The third-order valence-electron chi connectivity index (χ3n) is 3.49. The third kappa shape index (κ3) is 3.19. The summed E-state index contributed by atoms with van der Waals surface area (Å²) in [7, 11) is 0. The molecule has 1 aromatic heterocycles. The summed E-state index contributed by atoms with van der Waals surface area (Å²) < 4.78 is 0. The van der Waals surface area contributed by atoms with Gasteiger partial charge >= 0.3 is 0 Å². The molecule has 0 aliphatic carbocycles. The summed E-state index contributed by atoms with van der Waals surface area (Å²) >= 11 is 0. The molecule has 0 bridgehead atoms. The zero-order valence-electron chi connectivity index (χ0n) is 11.0. The van der Waals surface area contributed by atoms with Gasteiger partial charge in [0.25, 0.3) is 0 Å². The van der Waals surface area contributed by atoms with Crippen molar-refractivity contribution in [3.05, 3.63) is 23.9 Å². The van der Waals surface area contributed by atoms with Crippen LogP contribution in [-0.4, -0.2) is 42.6 Å². The molecule has 3 nitrogen and oxygen atoms in total. The molecule has 1 aliphatic rings. The lowest BCUT2D eigenvalue weighted by Gasteiger charge is -2.34. The number of piperazine rings is 1. The maximum Gasteiger partial charge on any atom is 0.128 e. The molecular formula is C14H23N3. The molecule has 0 unspecified atom stereocenters. The van der Waals surface area contributed by atoms with Crippen LogP contribution in [0.15, 0.2) is 18.3 Å². The van der Waals surface area contributed by atoms with Crippen molar-refractivity contribution in [3.63, 3.8) is 0 Å². The first kappa shape index (κ1) is 12.4. The molecule has 1 saturated heterocycles. The minimum Gasteiger partial charge on any atom is -0.354 e. The second kappa shape index (κ2) is 6.01. The van der Waals surface area contributed by atoms with Crippen LogP contribution in [0, 0.1) is 0 Å². The molecule has 0 atom stereocenters. The number of aromatic nitrogens is 1. The van der Waals surface area contributed by atoms with Crippen molar-refractivity contribution in [3.8, 4) is 0 Å². The van der Waals surface area contributed by atoms with Crippen molar-refractivity contribution in [2.45, 2.75) is 26.7 Å². The highest BCUT2D eigenvalue weighted by Crippen LogP contribution is 2.14. The third-order valence-corrected chi connectivity index (χ3v) is 3.49. The number of rotatable bonds is 4. The Morgan fingerprint density at radius 3 is 2.41 bits per heavy atom. The molecule has 3 heteroatoms. The first-order valence-corrected chi connectivity index (χ1v) is 6.75. The molecule has 0 N–H and O–H groups in total. The molecule has 2 heterocycles. The van der Waals surface area contributed by atoms with Crippen LogP contribution in [0.3, 0.4) is 0 Å². The maximum absolute atomic E-state index is 4.58. The molecule has 17 heavy (non-hydrogen) atoms.